The average molecular weight is 335 g/mol. The molecule has 0 saturated heterocycles. The van der Waals surface area contributed by atoms with E-state index in [4.69, 9.17) is 10.5 Å². The van der Waals surface area contributed by atoms with E-state index in [1.165, 1.54) is 13.8 Å². The molecule has 24 heavy (non-hydrogen) atoms. The number of nitrogens with two attached hydrogens (primary N) is 1. The predicted octanol–water partition coefficient (Wildman–Crippen LogP) is -0.385. The summed E-state index contributed by atoms with van der Waals surface area (Å²) in [5.74, 6) is -2.56. The molecule has 0 unspecified atom stereocenters. The quantitative estimate of drug-likeness (QED) is 0.558. The van der Waals surface area contributed by atoms with Crippen molar-refractivity contribution in [2.75, 3.05) is 0 Å². The van der Waals surface area contributed by atoms with Gasteiger partial charge in [0, 0.05) is 6.92 Å². The monoisotopic (exact) mass is 335 g/mol. The normalized spacial score (nSPS) is 12.6. The Morgan fingerprint density at radius 1 is 1.12 bits per heavy atom. The highest BCUT2D eigenvalue weighted by Crippen LogP contribution is 2.02. The zero-order chi connectivity index (χ0) is 18.1. The fraction of sp³-hybridized carbons (Fsp3) is 0.375. The van der Waals surface area contributed by atoms with Crippen LogP contribution in [0.3, 0.4) is 0 Å². The van der Waals surface area contributed by atoms with Crippen LogP contribution in [0.25, 0.3) is 0 Å². The maximum Gasteiger partial charge on any atom is 0.328 e. The molecule has 0 aliphatic carbocycles. The van der Waals surface area contributed by atoms with Crippen molar-refractivity contribution < 1.29 is 23.9 Å². The molecule has 130 valence electrons. The van der Waals surface area contributed by atoms with Crippen molar-refractivity contribution in [1.82, 2.24) is 10.6 Å². The van der Waals surface area contributed by atoms with E-state index in [1.54, 1.807) is 12.1 Å². The molecule has 8 heteroatoms. The molecule has 0 spiro atoms. The van der Waals surface area contributed by atoms with Crippen molar-refractivity contribution in [2.24, 2.45) is 5.73 Å². The summed E-state index contributed by atoms with van der Waals surface area (Å²) in [7, 11) is 0. The lowest BCUT2D eigenvalue weighted by molar-refractivity contribution is -0.148. The van der Waals surface area contributed by atoms with Gasteiger partial charge in [-0.2, -0.15) is 0 Å². The zero-order valence-electron chi connectivity index (χ0n) is 13.6. The molecule has 0 radical (unpaired) electrons. The molecule has 0 aliphatic rings. The Kier molecular flexibility index (Phi) is 7.41. The molecule has 8 nitrogen and oxygen atoms in total. The van der Waals surface area contributed by atoms with Gasteiger partial charge in [-0.25, -0.2) is 4.79 Å². The zero-order valence-corrected chi connectivity index (χ0v) is 13.6. The van der Waals surface area contributed by atoms with E-state index in [9.17, 15) is 19.2 Å². The van der Waals surface area contributed by atoms with Crippen LogP contribution in [0.15, 0.2) is 30.3 Å². The molecule has 0 aromatic heterocycles. The number of rotatable bonds is 8. The van der Waals surface area contributed by atoms with Crippen molar-refractivity contribution in [3.8, 4) is 0 Å². The van der Waals surface area contributed by atoms with Crippen LogP contribution in [0.2, 0.25) is 0 Å². The van der Waals surface area contributed by atoms with Gasteiger partial charge in [-0.1, -0.05) is 30.3 Å². The van der Waals surface area contributed by atoms with Crippen molar-refractivity contribution >= 4 is 23.7 Å². The molecule has 0 bridgehead atoms. The minimum Gasteiger partial charge on any atom is -0.459 e. The lowest BCUT2D eigenvalue weighted by Gasteiger charge is -2.19. The standard InChI is InChI=1S/C16H21N3O5/c1-10(16(23)24-9-12-6-4-3-5-7-12)18-15(22)13(8-14(17)21)19-11(2)20/h3-7,10,13H,8-9H2,1-2H3,(H2,17,21)(H,18,22)(H,19,20)/t10-,13-/m0/s1. The van der Waals surface area contributed by atoms with Crippen LogP contribution < -0.4 is 16.4 Å². The molecule has 1 aromatic rings. The topological polar surface area (TPSA) is 128 Å². The largest absolute Gasteiger partial charge is 0.459 e. The second-order valence-electron chi connectivity index (χ2n) is 5.25. The number of esters is 1. The number of carbonyl (C=O) groups excluding carboxylic acids is 4. The van der Waals surface area contributed by atoms with E-state index in [0.717, 1.165) is 5.56 Å². The highest BCUT2D eigenvalue weighted by Gasteiger charge is 2.25. The molecule has 0 saturated carbocycles. The van der Waals surface area contributed by atoms with Crippen molar-refractivity contribution in [3.05, 3.63) is 35.9 Å². The van der Waals surface area contributed by atoms with Crippen LogP contribution in [-0.4, -0.2) is 35.8 Å². The maximum absolute atomic E-state index is 12.1. The van der Waals surface area contributed by atoms with Crippen LogP contribution in [-0.2, 0) is 30.5 Å². The third kappa shape index (κ3) is 6.91. The summed E-state index contributed by atoms with van der Waals surface area (Å²) in [6.45, 7) is 2.73. The van der Waals surface area contributed by atoms with Gasteiger partial charge in [-0.15, -0.1) is 0 Å². The Morgan fingerprint density at radius 3 is 2.29 bits per heavy atom. The van der Waals surface area contributed by atoms with Crippen LogP contribution in [0.1, 0.15) is 25.8 Å². The second kappa shape index (κ2) is 9.29. The first-order chi connectivity index (χ1) is 11.3. The summed E-state index contributed by atoms with van der Waals surface area (Å²) in [6.07, 6.45) is -0.364. The van der Waals surface area contributed by atoms with Crippen molar-refractivity contribution in [3.63, 3.8) is 0 Å². The Bertz CT molecular complexity index is 587. The number of ether oxygens (including phenoxy) is 1. The smallest absolute Gasteiger partial charge is 0.328 e. The first-order valence-corrected chi connectivity index (χ1v) is 7.36. The van der Waals surface area contributed by atoms with E-state index in [1.807, 2.05) is 18.2 Å². The first kappa shape index (κ1) is 19.1. The van der Waals surface area contributed by atoms with Crippen molar-refractivity contribution in [1.29, 1.82) is 0 Å². The Morgan fingerprint density at radius 2 is 1.75 bits per heavy atom. The van der Waals surface area contributed by atoms with Crippen LogP contribution in [0, 0.1) is 0 Å². The lowest BCUT2D eigenvalue weighted by Crippen LogP contribution is -2.51. The lowest BCUT2D eigenvalue weighted by atomic mass is 10.1. The summed E-state index contributed by atoms with van der Waals surface area (Å²) >= 11 is 0. The molecule has 3 amide bonds. The summed E-state index contributed by atoms with van der Waals surface area (Å²) in [4.78, 5) is 46.0. The third-order valence-corrected chi connectivity index (χ3v) is 3.04. The van der Waals surface area contributed by atoms with Gasteiger partial charge < -0.3 is 21.1 Å². The molecule has 0 aliphatic heterocycles. The second-order valence-corrected chi connectivity index (χ2v) is 5.25. The van der Waals surface area contributed by atoms with E-state index in [2.05, 4.69) is 10.6 Å². The van der Waals surface area contributed by atoms with Crippen LogP contribution >= 0.6 is 0 Å². The number of carbonyl (C=O) groups is 4. The summed E-state index contributed by atoms with van der Waals surface area (Å²) in [5, 5.41) is 4.70. The van der Waals surface area contributed by atoms with E-state index in [-0.39, 0.29) is 13.0 Å². The average Bonchev–Trinajstić information content (AvgIpc) is 2.51. The number of benzene rings is 1. The summed E-state index contributed by atoms with van der Waals surface area (Å²) in [6, 6.07) is 7.00. The number of primary amides is 1. The van der Waals surface area contributed by atoms with Gasteiger partial charge in [0.05, 0.1) is 6.42 Å². The van der Waals surface area contributed by atoms with Gasteiger partial charge in [0.2, 0.25) is 17.7 Å². The van der Waals surface area contributed by atoms with Gasteiger partial charge >= 0.3 is 5.97 Å². The molecule has 4 N–H and O–H groups in total. The highest BCUT2D eigenvalue weighted by molar-refractivity contribution is 5.93. The number of amides is 3. The van der Waals surface area contributed by atoms with E-state index in [0.29, 0.717) is 0 Å². The van der Waals surface area contributed by atoms with Crippen molar-refractivity contribution in [2.45, 2.75) is 39.0 Å². The Hall–Kier alpha value is -2.90. The van der Waals surface area contributed by atoms with Gasteiger partial charge in [0.1, 0.15) is 18.7 Å². The maximum atomic E-state index is 12.1. The molecule has 0 heterocycles. The van der Waals surface area contributed by atoms with Gasteiger partial charge in [0.25, 0.3) is 0 Å². The van der Waals surface area contributed by atoms with E-state index >= 15 is 0 Å². The fourth-order valence-electron chi connectivity index (χ4n) is 1.88. The van der Waals surface area contributed by atoms with Gasteiger partial charge in [0.15, 0.2) is 0 Å². The predicted molar refractivity (Wildman–Crippen MR) is 85.3 cm³/mol. The highest BCUT2D eigenvalue weighted by atomic mass is 16.5. The SMILES string of the molecule is CC(=O)N[C@@H](CC(N)=O)C(=O)N[C@@H](C)C(=O)OCc1ccccc1. The van der Waals surface area contributed by atoms with Crippen LogP contribution in [0.4, 0.5) is 0 Å². The number of hydrogen-bond donors (Lipinski definition) is 3. The fourth-order valence-corrected chi connectivity index (χ4v) is 1.88. The Balaban J connectivity index is 2.54. The molecular weight excluding hydrogens is 314 g/mol. The number of hydrogen-bond acceptors (Lipinski definition) is 5. The van der Waals surface area contributed by atoms with Gasteiger partial charge in [-0.05, 0) is 12.5 Å². The number of nitrogens with one attached hydrogen (secondary N) is 2. The van der Waals surface area contributed by atoms with E-state index < -0.39 is 35.8 Å². The minimum absolute atomic E-state index is 0.0797. The molecule has 1 aromatic carbocycles. The molecule has 2 atom stereocenters. The molecule has 0 fully saturated rings. The Labute approximate surface area is 139 Å². The third-order valence-electron chi connectivity index (χ3n) is 3.04. The molecular formula is C16H21N3O5. The minimum atomic E-state index is -1.13. The van der Waals surface area contributed by atoms with Gasteiger partial charge in [-0.3, -0.25) is 14.4 Å². The first-order valence-electron chi connectivity index (χ1n) is 7.36. The molecule has 1 rings (SSSR count). The summed E-state index contributed by atoms with van der Waals surface area (Å²) in [5.41, 5.74) is 5.86. The van der Waals surface area contributed by atoms with Crippen LogP contribution in [0.5, 0.6) is 0 Å². The summed E-state index contributed by atoms with van der Waals surface area (Å²) < 4.78 is 5.10.